The van der Waals surface area contributed by atoms with Crippen LogP contribution in [-0.2, 0) is 11.2 Å². The third-order valence-electron chi connectivity index (χ3n) is 5.65. The zero-order valence-electron chi connectivity index (χ0n) is 15.2. The molecule has 0 aromatic heterocycles. The van der Waals surface area contributed by atoms with Crippen molar-refractivity contribution in [2.45, 2.75) is 32.7 Å². The van der Waals surface area contributed by atoms with E-state index in [1.54, 1.807) is 6.92 Å². The molecule has 0 bridgehead atoms. The SMILES string of the molecule is CC(=O)N1CCCN([C@H]2CN(CCc3ccccc3)C[C@H]2C)CC1. The van der Waals surface area contributed by atoms with E-state index in [1.807, 2.05) is 4.90 Å². The van der Waals surface area contributed by atoms with E-state index >= 15 is 0 Å². The molecule has 1 aromatic carbocycles. The smallest absolute Gasteiger partial charge is 0.219 e. The van der Waals surface area contributed by atoms with Crippen molar-refractivity contribution in [3.05, 3.63) is 35.9 Å². The molecule has 4 nitrogen and oxygen atoms in total. The summed E-state index contributed by atoms with van der Waals surface area (Å²) < 4.78 is 0. The number of benzene rings is 1. The molecule has 2 saturated heterocycles. The van der Waals surface area contributed by atoms with Gasteiger partial charge in [-0.1, -0.05) is 37.3 Å². The van der Waals surface area contributed by atoms with Gasteiger partial charge in [0.1, 0.15) is 0 Å². The summed E-state index contributed by atoms with van der Waals surface area (Å²) in [6.07, 6.45) is 2.24. The molecule has 0 saturated carbocycles. The lowest BCUT2D eigenvalue weighted by atomic mass is 10.0. The van der Waals surface area contributed by atoms with Crippen LogP contribution in [-0.4, -0.2) is 72.5 Å². The lowest BCUT2D eigenvalue weighted by Crippen LogP contribution is -2.43. The van der Waals surface area contributed by atoms with Crippen LogP contribution < -0.4 is 0 Å². The topological polar surface area (TPSA) is 26.8 Å². The third kappa shape index (κ3) is 4.37. The minimum atomic E-state index is 0.223. The molecule has 0 radical (unpaired) electrons. The molecule has 0 N–H and O–H groups in total. The van der Waals surface area contributed by atoms with Gasteiger partial charge in [-0.15, -0.1) is 0 Å². The van der Waals surface area contributed by atoms with Crippen LogP contribution in [0.25, 0.3) is 0 Å². The Morgan fingerprint density at radius 1 is 1.08 bits per heavy atom. The van der Waals surface area contributed by atoms with Gasteiger partial charge in [-0.05, 0) is 24.3 Å². The number of rotatable bonds is 4. The minimum Gasteiger partial charge on any atom is -0.342 e. The molecule has 24 heavy (non-hydrogen) atoms. The fourth-order valence-corrected chi connectivity index (χ4v) is 4.22. The maximum absolute atomic E-state index is 11.6. The summed E-state index contributed by atoms with van der Waals surface area (Å²) in [4.78, 5) is 18.9. The fraction of sp³-hybridized carbons (Fsp3) is 0.650. The molecule has 1 aromatic rings. The molecule has 2 aliphatic rings. The largest absolute Gasteiger partial charge is 0.342 e. The minimum absolute atomic E-state index is 0.223. The van der Waals surface area contributed by atoms with Gasteiger partial charge in [0.15, 0.2) is 0 Å². The first-order chi connectivity index (χ1) is 11.6. The van der Waals surface area contributed by atoms with E-state index in [0.717, 1.165) is 45.6 Å². The van der Waals surface area contributed by atoms with Crippen molar-refractivity contribution in [3.8, 4) is 0 Å². The highest BCUT2D eigenvalue weighted by Gasteiger charge is 2.34. The summed E-state index contributed by atoms with van der Waals surface area (Å²) in [6.45, 7) is 11.6. The van der Waals surface area contributed by atoms with Gasteiger partial charge in [0.05, 0.1) is 0 Å². The van der Waals surface area contributed by atoms with Crippen LogP contribution in [0.15, 0.2) is 30.3 Å². The van der Waals surface area contributed by atoms with Crippen LogP contribution in [0.4, 0.5) is 0 Å². The van der Waals surface area contributed by atoms with Crippen LogP contribution in [0.1, 0.15) is 25.8 Å². The lowest BCUT2D eigenvalue weighted by Gasteiger charge is -2.30. The Labute approximate surface area is 146 Å². The van der Waals surface area contributed by atoms with Crippen LogP contribution in [0.2, 0.25) is 0 Å². The van der Waals surface area contributed by atoms with Crippen molar-refractivity contribution in [3.63, 3.8) is 0 Å². The van der Waals surface area contributed by atoms with Gasteiger partial charge in [0.2, 0.25) is 5.91 Å². The van der Waals surface area contributed by atoms with E-state index in [-0.39, 0.29) is 5.91 Å². The van der Waals surface area contributed by atoms with Gasteiger partial charge in [-0.25, -0.2) is 0 Å². The van der Waals surface area contributed by atoms with Gasteiger partial charge >= 0.3 is 0 Å². The number of nitrogens with zero attached hydrogens (tertiary/aromatic N) is 3. The molecular weight excluding hydrogens is 298 g/mol. The molecule has 1 amide bonds. The van der Waals surface area contributed by atoms with Crippen molar-refractivity contribution in [1.82, 2.24) is 14.7 Å². The summed E-state index contributed by atoms with van der Waals surface area (Å²) >= 11 is 0. The van der Waals surface area contributed by atoms with E-state index in [0.29, 0.717) is 12.0 Å². The Morgan fingerprint density at radius 3 is 2.62 bits per heavy atom. The first-order valence-electron chi connectivity index (χ1n) is 9.39. The summed E-state index contributed by atoms with van der Waals surface area (Å²) in [7, 11) is 0. The number of carbonyl (C=O) groups is 1. The van der Waals surface area contributed by atoms with Crippen LogP contribution in [0.5, 0.6) is 0 Å². The highest BCUT2D eigenvalue weighted by atomic mass is 16.2. The number of hydrogen-bond donors (Lipinski definition) is 0. The quantitative estimate of drug-likeness (QED) is 0.846. The summed E-state index contributed by atoms with van der Waals surface area (Å²) in [5.41, 5.74) is 1.43. The summed E-state index contributed by atoms with van der Waals surface area (Å²) in [6, 6.07) is 11.4. The Bertz CT molecular complexity index is 533. The van der Waals surface area contributed by atoms with E-state index in [9.17, 15) is 4.79 Å². The van der Waals surface area contributed by atoms with Crippen LogP contribution >= 0.6 is 0 Å². The molecule has 0 aliphatic carbocycles. The molecule has 2 fully saturated rings. The Hall–Kier alpha value is -1.39. The molecular formula is C20H31N3O. The zero-order chi connectivity index (χ0) is 16.9. The second-order valence-corrected chi connectivity index (χ2v) is 7.44. The van der Waals surface area contributed by atoms with Crippen molar-refractivity contribution in [1.29, 1.82) is 0 Å². The van der Waals surface area contributed by atoms with Crippen molar-refractivity contribution in [2.24, 2.45) is 5.92 Å². The molecule has 132 valence electrons. The number of hydrogen-bond acceptors (Lipinski definition) is 3. The Kier molecular flexibility index (Phi) is 5.90. The maximum atomic E-state index is 11.6. The first-order valence-corrected chi connectivity index (χ1v) is 9.39. The van der Waals surface area contributed by atoms with E-state index in [4.69, 9.17) is 0 Å². The van der Waals surface area contributed by atoms with E-state index in [2.05, 4.69) is 47.1 Å². The van der Waals surface area contributed by atoms with Crippen LogP contribution in [0.3, 0.4) is 0 Å². The summed E-state index contributed by atoms with van der Waals surface area (Å²) in [5, 5.41) is 0. The predicted octanol–water partition coefficient (Wildman–Crippen LogP) is 2.10. The maximum Gasteiger partial charge on any atom is 0.219 e. The highest BCUT2D eigenvalue weighted by molar-refractivity contribution is 5.73. The normalized spacial score (nSPS) is 26.5. The standard InChI is InChI=1S/C20H31N3O/c1-17-15-21(12-9-19-7-4-3-5-8-19)16-20(17)23-11-6-10-22(13-14-23)18(2)24/h3-5,7-8,17,20H,6,9-16H2,1-2H3/t17-,20+/m1/s1. The Balaban J connectivity index is 1.51. The lowest BCUT2D eigenvalue weighted by molar-refractivity contribution is -0.128. The fourth-order valence-electron chi connectivity index (χ4n) is 4.22. The molecule has 4 heteroatoms. The molecule has 0 spiro atoms. The first kappa shape index (κ1) is 17.4. The molecule has 0 unspecified atom stereocenters. The molecule has 2 aliphatic heterocycles. The van der Waals surface area contributed by atoms with Crippen LogP contribution in [0, 0.1) is 5.92 Å². The highest BCUT2D eigenvalue weighted by Crippen LogP contribution is 2.23. The monoisotopic (exact) mass is 329 g/mol. The van der Waals surface area contributed by atoms with Crippen molar-refractivity contribution >= 4 is 5.91 Å². The summed E-state index contributed by atoms with van der Waals surface area (Å²) in [5.74, 6) is 0.936. The molecule has 3 rings (SSSR count). The van der Waals surface area contributed by atoms with E-state index in [1.165, 1.54) is 18.7 Å². The van der Waals surface area contributed by atoms with E-state index < -0.39 is 0 Å². The average Bonchev–Trinajstić information content (AvgIpc) is 2.80. The van der Waals surface area contributed by atoms with Gasteiger partial charge in [-0.3, -0.25) is 9.69 Å². The second kappa shape index (κ2) is 8.13. The average molecular weight is 329 g/mol. The molecule has 2 heterocycles. The van der Waals surface area contributed by atoms with Crippen molar-refractivity contribution in [2.75, 3.05) is 45.8 Å². The van der Waals surface area contributed by atoms with Gasteiger partial charge < -0.3 is 9.80 Å². The Morgan fingerprint density at radius 2 is 1.88 bits per heavy atom. The zero-order valence-corrected chi connectivity index (χ0v) is 15.2. The predicted molar refractivity (Wildman–Crippen MR) is 98.0 cm³/mol. The molecule has 2 atom stereocenters. The third-order valence-corrected chi connectivity index (χ3v) is 5.65. The number of amides is 1. The second-order valence-electron chi connectivity index (χ2n) is 7.44. The number of carbonyl (C=O) groups excluding carboxylic acids is 1. The van der Waals surface area contributed by atoms with Gasteiger partial charge in [0, 0.05) is 58.8 Å². The van der Waals surface area contributed by atoms with Gasteiger partial charge in [0.25, 0.3) is 0 Å². The number of likely N-dealkylation sites (tertiary alicyclic amines) is 1. The van der Waals surface area contributed by atoms with Crippen molar-refractivity contribution < 1.29 is 4.79 Å². The van der Waals surface area contributed by atoms with Gasteiger partial charge in [-0.2, -0.15) is 0 Å².